The van der Waals surface area contributed by atoms with Crippen LogP contribution >= 0.6 is 11.6 Å². The van der Waals surface area contributed by atoms with Gasteiger partial charge in [0.25, 0.3) is 15.9 Å². The summed E-state index contributed by atoms with van der Waals surface area (Å²) in [4.78, 5) is 41.4. The highest BCUT2D eigenvalue weighted by Crippen LogP contribution is 2.30. The zero-order valence-electron chi connectivity index (χ0n) is 20.8. The van der Waals surface area contributed by atoms with Gasteiger partial charge in [0, 0.05) is 24.5 Å². The minimum Gasteiger partial charge on any atom is -0.354 e. The molecule has 0 aromatic heterocycles. The van der Waals surface area contributed by atoms with Crippen molar-refractivity contribution in [3.8, 4) is 0 Å². The van der Waals surface area contributed by atoms with Gasteiger partial charge in [-0.2, -0.15) is 0 Å². The Morgan fingerprint density at radius 2 is 1.63 bits per heavy atom. The van der Waals surface area contributed by atoms with E-state index in [0.29, 0.717) is 27.9 Å². The van der Waals surface area contributed by atoms with Gasteiger partial charge in [-0.15, -0.1) is 0 Å². The van der Waals surface area contributed by atoms with Crippen molar-refractivity contribution in [2.24, 2.45) is 0 Å². The third kappa shape index (κ3) is 5.74. The monoisotopic (exact) mass is 553 g/mol. The van der Waals surface area contributed by atoms with Gasteiger partial charge in [-0.25, -0.2) is 12.7 Å². The molecule has 3 aromatic rings. The lowest BCUT2D eigenvalue weighted by molar-refractivity contribution is -0.141. The van der Waals surface area contributed by atoms with Crippen molar-refractivity contribution in [2.45, 2.75) is 37.2 Å². The SMILES string of the molecule is CCCNC(=O)[C@@H](Cc1ccccc1)N(Cc1ccccc1Cl)C(=O)CN1C(=O)c2ccccc2S1(=O)=O. The molecule has 0 fully saturated rings. The third-order valence-corrected chi connectivity index (χ3v) is 8.47. The molecule has 4 rings (SSSR count). The molecule has 3 aromatic carbocycles. The van der Waals surface area contributed by atoms with Gasteiger partial charge in [-0.3, -0.25) is 14.4 Å². The summed E-state index contributed by atoms with van der Waals surface area (Å²) >= 11 is 6.40. The van der Waals surface area contributed by atoms with E-state index in [4.69, 9.17) is 11.6 Å². The second-order valence-corrected chi connectivity index (χ2v) is 11.2. The Kier molecular flexibility index (Phi) is 8.48. The summed E-state index contributed by atoms with van der Waals surface area (Å²) in [6.45, 7) is 1.53. The van der Waals surface area contributed by atoms with E-state index < -0.39 is 34.4 Å². The Hall–Kier alpha value is -3.69. The van der Waals surface area contributed by atoms with Gasteiger partial charge in [-0.1, -0.05) is 79.2 Å². The molecule has 198 valence electrons. The molecule has 1 aliphatic heterocycles. The average Bonchev–Trinajstić information content (AvgIpc) is 3.11. The zero-order valence-corrected chi connectivity index (χ0v) is 22.4. The maximum atomic E-state index is 13.9. The third-order valence-electron chi connectivity index (χ3n) is 6.31. The molecule has 0 saturated heterocycles. The van der Waals surface area contributed by atoms with E-state index in [2.05, 4.69) is 5.32 Å². The number of fused-ring (bicyclic) bond motifs is 1. The number of amides is 3. The fourth-order valence-corrected chi connectivity index (χ4v) is 6.04. The summed E-state index contributed by atoms with van der Waals surface area (Å²) in [5.74, 6) is -1.85. The van der Waals surface area contributed by atoms with Crippen molar-refractivity contribution in [3.63, 3.8) is 0 Å². The lowest BCUT2D eigenvalue weighted by Gasteiger charge is -2.32. The van der Waals surface area contributed by atoms with E-state index in [1.54, 1.807) is 30.3 Å². The van der Waals surface area contributed by atoms with Crippen LogP contribution < -0.4 is 5.32 Å². The van der Waals surface area contributed by atoms with E-state index in [1.807, 2.05) is 37.3 Å². The van der Waals surface area contributed by atoms with Crippen LogP contribution in [0.5, 0.6) is 0 Å². The summed E-state index contributed by atoms with van der Waals surface area (Å²) in [6, 6.07) is 21.0. The van der Waals surface area contributed by atoms with Crippen molar-refractivity contribution < 1.29 is 22.8 Å². The minimum absolute atomic E-state index is 0.0134. The van der Waals surface area contributed by atoms with Crippen LogP contribution in [0.25, 0.3) is 0 Å². The quantitative estimate of drug-likeness (QED) is 0.413. The molecule has 0 aliphatic carbocycles. The van der Waals surface area contributed by atoms with Crippen LogP contribution in [0.4, 0.5) is 0 Å². The predicted octanol–water partition coefficient (Wildman–Crippen LogP) is 3.65. The first-order valence-electron chi connectivity index (χ1n) is 12.2. The van der Waals surface area contributed by atoms with Crippen molar-refractivity contribution >= 4 is 39.3 Å². The van der Waals surface area contributed by atoms with Crippen LogP contribution in [0.15, 0.2) is 83.8 Å². The van der Waals surface area contributed by atoms with Crippen LogP contribution in [-0.2, 0) is 32.6 Å². The molecule has 1 atom stereocenters. The second-order valence-electron chi connectivity index (χ2n) is 8.92. The maximum Gasteiger partial charge on any atom is 0.269 e. The van der Waals surface area contributed by atoms with Crippen LogP contribution in [0.3, 0.4) is 0 Å². The number of sulfonamides is 1. The number of carbonyl (C=O) groups excluding carboxylic acids is 3. The largest absolute Gasteiger partial charge is 0.354 e. The molecule has 1 heterocycles. The molecule has 0 radical (unpaired) electrons. The molecule has 3 amide bonds. The summed E-state index contributed by atoms with van der Waals surface area (Å²) < 4.78 is 26.8. The number of nitrogens with zero attached hydrogens (tertiary/aromatic N) is 2. The first-order chi connectivity index (χ1) is 18.2. The highest BCUT2D eigenvalue weighted by molar-refractivity contribution is 7.90. The fourth-order valence-electron chi connectivity index (χ4n) is 4.33. The smallest absolute Gasteiger partial charge is 0.269 e. The first-order valence-corrected chi connectivity index (χ1v) is 14.1. The molecule has 38 heavy (non-hydrogen) atoms. The fraction of sp³-hybridized carbons (Fsp3) is 0.250. The number of carbonyl (C=O) groups is 3. The first kappa shape index (κ1) is 27.3. The molecular weight excluding hydrogens is 526 g/mol. The summed E-state index contributed by atoms with van der Waals surface area (Å²) in [7, 11) is -4.21. The highest BCUT2D eigenvalue weighted by atomic mass is 35.5. The van der Waals surface area contributed by atoms with Gasteiger partial charge >= 0.3 is 0 Å². The minimum atomic E-state index is -4.21. The predicted molar refractivity (Wildman–Crippen MR) is 144 cm³/mol. The van der Waals surface area contributed by atoms with Crippen LogP contribution in [0, 0.1) is 0 Å². The number of rotatable bonds is 10. The van der Waals surface area contributed by atoms with Gasteiger partial charge in [0.1, 0.15) is 17.5 Å². The van der Waals surface area contributed by atoms with Gasteiger partial charge in [-0.05, 0) is 35.7 Å². The topological polar surface area (TPSA) is 104 Å². The normalized spacial score (nSPS) is 14.6. The van der Waals surface area contributed by atoms with Gasteiger partial charge < -0.3 is 10.2 Å². The standard InChI is InChI=1S/C28H28ClN3O5S/c1-2-16-30-27(34)24(17-20-10-4-3-5-11-20)31(18-21-12-6-8-14-23(21)29)26(33)19-32-28(35)22-13-7-9-15-25(22)38(32,36)37/h3-15,24H,2,16-19H2,1H3,(H,30,34)/t24-/m1/s1. The molecule has 0 spiro atoms. The highest BCUT2D eigenvalue weighted by Gasteiger charge is 2.43. The molecule has 1 N–H and O–H groups in total. The number of halogens is 1. The van der Waals surface area contributed by atoms with E-state index >= 15 is 0 Å². The average molecular weight is 554 g/mol. The number of benzene rings is 3. The Balaban J connectivity index is 1.71. The van der Waals surface area contributed by atoms with Crippen molar-refractivity contribution in [3.05, 3.63) is 101 Å². The van der Waals surface area contributed by atoms with Crippen molar-refractivity contribution in [2.75, 3.05) is 13.1 Å². The number of hydrogen-bond acceptors (Lipinski definition) is 5. The van der Waals surface area contributed by atoms with E-state index in [-0.39, 0.29) is 29.3 Å². The lowest BCUT2D eigenvalue weighted by atomic mass is 10.0. The Morgan fingerprint density at radius 1 is 0.974 bits per heavy atom. The summed E-state index contributed by atoms with van der Waals surface area (Å²) in [5.41, 5.74) is 1.42. The van der Waals surface area contributed by atoms with Gasteiger partial charge in [0.15, 0.2) is 0 Å². The van der Waals surface area contributed by atoms with E-state index in [1.165, 1.54) is 23.1 Å². The van der Waals surface area contributed by atoms with Crippen LogP contribution in [0.2, 0.25) is 5.02 Å². The van der Waals surface area contributed by atoms with Crippen molar-refractivity contribution in [1.29, 1.82) is 0 Å². The maximum absolute atomic E-state index is 13.9. The van der Waals surface area contributed by atoms with Crippen LogP contribution in [0.1, 0.15) is 34.8 Å². The molecule has 0 unspecified atom stereocenters. The molecule has 1 aliphatic rings. The number of hydrogen-bond donors (Lipinski definition) is 1. The molecular formula is C28H28ClN3O5S. The molecule has 0 bridgehead atoms. The lowest BCUT2D eigenvalue weighted by Crippen LogP contribution is -2.53. The molecule has 0 saturated carbocycles. The van der Waals surface area contributed by atoms with Crippen molar-refractivity contribution in [1.82, 2.24) is 14.5 Å². The van der Waals surface area contributed by atoms with Crippen LogP contribution in [-0.4, -0.2) is 54.5 Å². The van der Waals surface area contributed by atoms with E-state index in [0.717, 1.165) is 5.56 Å². The Bertz CT molecular complexity index is 1450. The van der Waals surface area contributed by atoms with Gasteiger partial charge in [0.2, 0.25) is 11.8 Å². The summed E-state index contributed by atoms with van der Waals surface area (Å²) in [5, 5.41) is 3.25. The van der Waals surface area contributed by atoms with E-state index in [9.17, 15) is 22.8 Å². The Labute approximate surface area is 227 Å². The molecule has 8 nitrogen and oxygen atoms in total. The second kappa shape index (κ2) is 11.8. The Morgan fingerprint density at radius 3 is 2.32 bits per heavy atom. The number of nitrogens with one attached hydrogen (secondary N) is 1. The van der Waals surface area contributed by atoms with Gasteiger partial charge in [0.05, 0.1) is 5.56 Å². The zero-order chi connectivity index (χ0) is 27.3. The summed E-state index contributed by atoms with van der Waals surface area (Å²) in [6.07, 6.45) is 0.883. The molecule has 10 heteroatoms.